The van der Waals surface area contributed by atoms with Gasteiger partial charge >= 0.3 is 0 Å². The molecule has 106 valence electrons. The molecular weight excluding hydrogens is 284 g/mol. The molecule has 0 amide bonds. The highest BCUT2D eigenvalue weighted by atomic mass is 35.5. The summed E-state index contributed by atoms with van der Waals surface area (Å²) in [5, 5.41) is 10.8. The zero-order chi connectivity index (χ0) is 14.4. The molecule has 1 aromatic rings. The van der Waals surface area contributed by atoms with Gasteiger partial charge in [0.15, 0.2) is 0 Å². The molecule has 0 fully saturated rings. The number of rotatable bonds is 7. The van der Waals surface area contributed by atoms with E-state index in [1.165, 1.54) is 6.07 Å². The van der Waals surface area contributed by atoms with Gasteiger partial charge in [0.05, 0.1) is 4.92 Å². The Balaban J connectivity index is 2.95. The molecule has 4 nitrogen and oxygen atoms in total. The summed E-state index contributed by atoms with van der Waals surface area (Å²) in [5.74, 6) is 1.37. The molecule has 0 aromatic heterocycles. The van der Waals surface area contributed by atoms with Crippen LogP contribution >= 0.6 is 23.4 Å². The maximum Gasteiger partial charge on any atom is 0.269 e. The fraction of sp³-hybridized carbons (Fsp3) is 0.538. The van der Waals surface area contributed by atoms with Crippen molar-refractivity contribution in [1.82, 2.24) is 0 Å². The Labute approximate surface area is 123 Å². The average Bonchev–Trinajstić information content (AvgIpc) is 2.42. The van der Waals surface area contributed by atoms with Crippen LogP contribution in [-0.2, 0) is 5.88 Å². The van der Waals surface area contributed by atoms with Crippen LogP contribution in [0.3, 0.4) is 0 Å². The first-order valence-electron chi connectivity index (χ1n) is 6.06. The minimum atomic E-state index is -0.392. The standard InChI is InChI=1S/C13H19ClN2O2S/c1-10(6-7-19-3)15(2)13-5-4-12(16(17)18)8-11(13)9-14/h4-5,8,10H,6-7,9H2,1-3H3. The lowest BCUT2D eigenvalue weighted by molar-refractivity contribution is -0.384. The molecule has 0 aliphatic rings. The summed E-state index contributed by atoms with van der Waals surface area (Å²) in [6.45, 7) is 2.15. The van der Waals surface area contributed by atoms with E-state index in [2.05, 4.69) is 18.1 Å². The van der Waals surface area contributed by atoms with Gasteiger partial charge in [-0.3, -0.25) is 10.1 Å². The third-order valence-corrected chi connectivity index (χ3v) is 4.13. The highest BCUT2D eigenvalue weighted by molar-refractivity contribution is 7.98. The maximum absolute atomic E-state index is 10.8. The summed E-state index contributed by atoms with van der Waals surface area (Å²) in [4.78, 5) is 12.5. The van der Waals surface area contributed by atoms with E-state index in [1.54, 1.807) is 12.1 Å². The third-order valence-electron chi connectivity index (χ3n) is 3.20. The van der Waals surface area contributed by atoms with Gasteiger partial charge in [0.25, 0.3) is 5.69 Å². The van der Waals surface area contributed by atoms with Gasteiger partial charge < -0.3 is 4.90 Å². The van der Waals surface area contributed by atoms with E-state index in [0.717, 1.165) is 23.4 Å². The summed E-state index contributed by atoms with van der Waals surface area (Å²) in [6, 6.07) is 5.24. The number of non-ortho nitro benzene ring substituents is 1. The van der Waals surface area contributed by atoms with Crippen molar-refractivity contribution >= 4 is 34.7 Å². The second kappa shape index (κ2) is 7.60. The van der Waals surface area contributed by atoms with Gasteiger partial charge in [-0.15, -0.1) is 11.6 Å². The van der Waals surface area contributed by atoms with Crippen LogP contribution in [0.1, 0.15) is 18.9 Å². The SMILES string of the molecule is CSCCC(C)N(C)c1ccc([N+](=O)[O-])cc1CCl. The molecule has 1 rings (SSSR count). The Hall–Kier alpha value is -0.940. The first-order valence-corrected chi connectivity index (χ1v) is 7.99. The Morgan fingerprint density at radius 1 is 1.53 bits per heavy atom. The Morgan fingerprint density at radius 2 is 2.21 bits per heavy atom. The van der Waals surface area contributed by atoms with Crippen LogP contribution in [0.25, 0.3) is 0 Å². The molecule has 0 saturated carbocycles. The summed E-state index contributed by atoms with van der Waals surface area (Å²) in [6.07, 6.45) is 3.15. The monoisotopic (exact) mass is 302 g/mol. The minimum Gasteiger partial charge on any atom is -0.372 e. The molecule has 0 radical (unpaired) electrons. The quantitative estimate of drug-likeness (QED) is 0.435. The Kier molecular flexibility index (Phi) is 6.45. The van der Waals surface area contributed by atoms with E-state index in [-0.39, 0.29) is 11.6 Å². The molecule has 0 spiro atoms. The van der Waals surface area contributed by atoms with Crippen LogP contribution < -0.4 is 4.90 Å². The third kappa shape index (κ3) is 4.28. The van der Waals surface area contributed by atoms with E-state index < -0.39 is 4.92 Å². The molecule has 0 saturated heterocycles. The largest absolute Gasteiger partial charge is 0.372 e. The molecular formula is C13H19ClN2O2S. The van der Waals surface area contributed by atoms with Crippen molar-refractivity contribution in [2.45, 2.75) is 25.3 Å². The summed E-state index contributed by atoms with van der Waals surface area (Å²) in [7, 11) is 2.00. The molecule has 1 unspecified atom stereocenters. The Bertz CT molecular complexity index is 443. The van der Waals surface area contributed by atoms with Gasteiger partial charge in [-0.1, -0.05) is 0 Å². The lowest BCUT2D eigenvalue weighted by Gasteiger charge is -2.28. The summed E-state index contributed by atoms with van der Waals surface area (Å²) < 4.78 is 0. The van der Waals surface area contributed by atoms with Crippen molar-refractivity contribution in [1.29, 1.82) is 0 Å². The predicted molar refractivity (Wildman–Crippen MR) is 83.5 cm³/mol. The average molecular weight is 303 g/mol. The number of alkyl halides is 1. The lowest BCUT2D eigenvalue weighted by Crippen LogP contribution is -2.30. The topological polar surface area (TPSA) is 46.4 Å². The van der Waals surface area contributed by atoms with Crippen molar-refractivity contribution in [3.8, 4) is 0 Å². The van der Waals surface area contributed by atoms with E-state index in [4.69, 9.17) is 11.6 Å². The van der Waals surface area contributed by atoms with Crippen molar-refractivity contribution in [2.24, 2.45) is 0 Å². The number of anilines is 1. The summed E-state index contributed by atoms with van der Waals surface area (Å²) in [5.41, 5.74) is 1.85. The molecule has 0 N–H and O–H groups in total. The van der Waals surface area contributed by atoms with Crippen LogP contribution in [0.5, 0.6) is 0 Å². The maximum atomic E-state index is 10.8. The van der Waals surface area contributed by atoms with Gasteiger partial charge in [0.1, 0.15) is 0 Å². The summed E-state index contributed by atoms with van der Waals surface area (Å²) >= 11 is 7.73. The van der Waals surface area contributed by atoms with E-state index in [0.29, 0.717) is 6.04 Å². The van der Waals surface area contributed by atoms with Crippen molar-refractivity contribution in [3.05, 3.63) is 33.9 Å². The second-order valence-corrected chi connectivity index (χ2v) is 5.70. The van der Waals surface area contributed by atoms with Crippen LogP contribution in [0.4, 0.5) is 11.4 Å². The number of hydrogen-bond acceptors (Lipinski definition) is 4. The van der Waals surface area contributed by atoms with Gasteiger partial charge in [-0.25, -0.2) is 0 Å². The van der Waals surface area contributed by atoms with Crippen LogP contribution in [0.2, 0.25) is 0 Å². The highest BCUT2D eigenvalue weighted by Crippen LogP contribution is 2.28. The van der Waals surface area contributed by atoms with Crippen LogP contribution in [0.15, 0.2) is 18.2 Å². The molecule has 0 aliphatic carbocycles. The van der Waals surface area contributed by atoms with E-state index >= 15 is 0 Å². The number of thioether (sulfide) groups is 1. The smallest absolute Gasteiger partial charge is 0.269 e. The highest BCUT2D eigenvalue weighted by Gasteiger charge is 2.16. The number of nitrogens with zero attached hydrogens (tertiary/aromatic N) is 2. The first-order chi connectivity index (χ1) is 9.01. The lowest BCUT2D eigenvalue weighted by atomic mass is 10.1. The van der Waals surface area contributed by atoms with Gasteiger partial charge in [-0.2, -0.15) is 11.8 Å². The Morgan fingerprint density at radius 3 is 2.74 bits per heavy atom. The number of nitro groups is 1. The molecule has 0 heterocycles. The van der Waals surface area contributed by atoms with E-state index in [1.807, 2.05) is 18.8 Å². The molecule has 0 aliphatic heterocycles. The van der Waals surface area contributed by atoms with Crippen LogP contribution in [-0.4, -0.2) is 30.0 Å². The van der Waals surface area contributed by atoms with Gasteiger partial charge in [0, 0.05) is 36.8 Å². The second-order valence-electron chi connectivity index (χ2n) is 4.45. The molecule has 19 heavy (non-hydrogen) atoms. The minimum absolute atomic E-state index is 0.0876. The molecule has 0 bridgehead atoms. The molecule has 1 atom stereocenters. The number of nitro benzene ring substituents is 1. The van der Waals surface area contributed by atoms with Gasteiger partial charge in [-0.05, 0) is 37.0 Å². The predicted octanol–water partition coefficient (Wildman–Crippen LogP) is 3.91. The normalized spacial score (nSPS) is 12.2. The zero-order valence-electron chi connectivity index (χ0n) is 11.4. The zero-order valence-corrected chi connectivity index (χ0v) is 13.0. The van der Waals surface area contributed by atoms with Crippen molar-refractivity contribution in [2.75, 3.05) is 24.0 Å². The number of benzene rings is 1. The fourth-order valence-electron chi connectivity index (χ4n) is 1.86. The van der Waals surface area contributed by atoms with Crippen LogP contribution in [0, 0.1) is 10.1 Å². The fourth-order valence-corrected chi connectivity index (χ4v) is 2.65. The number of hydrogen-bond donors (Lipinski definition) is 0. The van der Waals surface area contributed by atoms with Crippen molar-refractivity contribution < 1.29 is 4.92 Å². The molecule has 1 aromatic carbocycles. The number of halogens is 1. The van der Waals surface area contributed by atoms with Crippen molar-refractivity contribution in [3.63, 3.8) is 0 Å². The van der Waals surface area contributed by atoms with Gasteiger partial charge in [0.2, 0.25) is 0 Å². The van der Waals surface area contributed by atoms with E-state index in [9.17, 15) is 10.1 Å². The first kappa shape index (κ1) is 16.1. The molecule has 6 heteroatoms.